The molecule has 0 atom stereocenters. The van der Waals surface area contributed by atoms with Crippen molar-refractivity contribution in [2.45, 2.75) is 63.5 Å². The van der Waals surface area contributed by atoms with Gasteiger partial charge in [0.1, 0.15) is 18.3 Å². The number of imidazole rings is 2. The van der Waals surface area contributed by atoms with Crippen molar-refractivity contribution < 1.29 is 45.0 Å². The van der Waals surface area contributed by atoms with E-state index in [9.17, 15) is 35.1 Å². The molecule has 280 valence electrons. The van der Waals surface area contributed by atoms with Crippen LogP contribution < -0.4 is 4.74 Å². The second kappa shape index (κ2) is 14.8. The van der Waals surface area contributed by atoms with Crippen molar-refractivity contribution in [1.29, 1.82) is 0 Å². The molecule has 0 radical (unpaired) electrons. The molecule has 2 aliphatic carbocycles. The van der Waals surface area contributed by atoms with Gasteiger partial charge in [-0.25, -0.2) is 45.1 Å². The van der Waals surface area contributed by atoms with Crippen molar-refractivity contribution in [2.75, 3.05) is 13.2 Å². The van der Waals surface area contributed by atoms with Crippen LogP contribution in [0.1, 0.15) is 51.6 Å². The minimum absolute atomic E-state index is 0.0733. The molecule has 8 rings (SSSR count). The number of halogens is 9. The molecule has 4 aromatic heterocycles. The Labute approximate surface area is 300 Å². The van der Waals surface area contributed by atoms with Gasteiger partial charge in [0.15, 0.2) is 35.0 Å². The van der Waals surface area contributed by atoms with E-state index < -0.39 is 48.3 Å². The number of aliphatic hydroxyl groups excluding tert-OH is 1. The van der Waals surface area contributed by atoms with Crippen LogP contribution in [0.2, 0.25) is 5.15 Å². The third-order valence-corrected chi connectivity index (χ3v) is 8.00. The van der Waals surface area contributed by atoms with Gasteiger partial charge in [0.05, 0.1) is 34.5 Å². The molecule has 0 bridgehead atoms. The Balaban J connectivity index is 0.000000160. The fourth-order valence-electron chi connectivity index (χ4n) is 5.20. The summed E-state index contributed by atoms with van der Waals surface area (Å²) in [5.74, 6) is -8.64. The largest absolute Gasteiger partial charge is 0.470 e. The molecule has 1 N–H and O–H groups in total. The first-order valence-corrected chi connectivity index (χ1v) is 16.4. The van der Waals surface area contributed by atoms with Gasteiger partial charge in [-0.05, 0) is 31.7 Å². The molecular formula is C34H29ClF8N8O2. The Bertz CT molecular complexity index is 2270. The smallest absolute Gasteiger partial charge is 0.278 e. The van der Waals surface area contributed by atoms with Crippen LogP contribution in [-0.2, 0) is 0 Å². The molecule has 0 saturated heterocycles. The van der Waals surface area contributed by atoms with E-state index >= 15 is 0 Å². The number of benzene rings is 2. The first kappa shape index (κ1) is 37.8. The monoisotopic (exact) mass is 768 g/mol. The molecule has 6 aromatic rings. The third kappa shape index (κ3) is 9.16. The van der Waals surface area contributed by atoms with Crippen LogP contribution in [0.4, 0.5) is 35.1 Å². The minimum Gasteiger partial charge on any atom is -0.470 e. The summed E-state index contributed by atoms with van der Waals surface area (Å²) in [6.45, 7) is -0.500. The highest BCUT2D eigenvalue weighted by Crippen LogP contribution is 2.43. The van der Waals surface area contributed by atoms with Crippen molar-refractivity contribution in [3.8, 4) is 28.7 Å². The number of aromatic nitrogens is 8. The SMILES string of the molecule is CC(F)(F)CO.CC(F)(F)COc1cc(-c2nc3cc(F)c(F)cc3n2C2CC2)cnn1.Fc1cc2nc(-c3cnnc(Cl)c3)n(C3CC3)c2cc1F. The maximum atomic E-state index is 13.7. The van der Waals surface area contributed by atoms with E-state index in [4.69, 9.17) is 21.4 Å². The van der Waals surface area contributed by atoms with Crippen LogP contribution in [0.15, 0.2) is 48.8 Å². The van der Waals surface area contributed by atoms with Crippen LogP contribution in [0, 0.1) is 23.3 Å². The van der Waals surface area contributed by atoms with Crippen LogP contribution in [0.25, 0.3) is 44.8 Å². The summed E-state index contributed by atoms with van der Waals surface area (Å²) in [5.41, 5.74) is 2.94. The lowest BCUT2D eigenvalue weighted by Crippen LogP contribution is -2.21. The van der Waals surface area contributed by atoms with E-state index in [-0.39, 0.29) is 23.1 Å². The Morgan fingerprint density at radius 1 is 0.698 bits per heavy atom. The molecule has 2 aromatic carbocycles. The molecular weight excluding hydrogens is 740 g/mol. The van der Waals surface area contributed by atoms with E-state index in [0.717, 1.165) is 50.8 Å². The number of hydrogen-bond donors (Lipinski definition) is 1. The van der Waals surface area contributed by atoms with Gasteiger partial charge in [-0.2, -0.15) is 10.2 Å². The van der Waals surface area contributed by atoms with Gasteiger partial charge in [0.25, 0.3) is 11.8 Å². The van der Waals surface area contributed by atoms with Gasteiger partial charge in [0.2, 0.25) is 5.88 Å². The van der Waals surface area contributed by atoms with Crippen LogP contribution in [0.3, 0.4) is 0 Å². The number of aliphatic hydroxyl groups is 1. The van der Waals surface area contributed by atoms with Crippen molar-refractivity contribution in [3.63, 3.8) is 0 Å². The number of hydrogen-bond acceptors (Lipinski definition) is 8. The zero-order chi connectivity index (χ0) is 38.2. The first-order chi connectivity index (χ1) is 25.0. The zero-order valence-corrected chi connectivity index (χ0v) is 28.6. The highest BCUT2D eigenvalue weighted by molar-refractivity contribution is 6.29. The summed E-state index contributed by atoms with van der Waals surface area (Å²) in [7, 11) is 0. The summed E-state index contributed by atoms with van der Waals surface area (Å²) >= 11 is 5.86. The highest BCUT2D eigenvalue weighted by Gasteiger charge is 2.31. The van der Waals surface area contributed by atoms with Gasteiger partial charge in [-0.1, -0.05) is 11.6 Å². The van der Waals surface area contributed by atoms with Crippen molar-refractivity contribution >= 4 is 33.7 Å². The quantitative estimate of drug-likeness (QED) is 0.153. The van der Waals surface area contributed by atoms with E-state index in [1.807, 2.05) is 9.13 Å². The molecule has 0 unspecified atom stereocenters. The van der Waals surface area contributed by atoms with E-state index in [2.05, 4.69) is 30.4 Å². The average molecular weight is 769 g/mol. The molecule has 0 amide bonds. The van der Waals surface area contributed by atoms with Gasteiger partial charge in [0, 0.05) is 67.4 Å². The van der Waals surface area contributed by atoms with Crippen LogP contribution in [0.5, 0.6) is 5.88 Å². The van der Waals surface area contributed by atoms with E-state index in [1.165, 1.54) is 18.3 Å². The van der Waals surface area contributed by atoms with Crippen molar-refractivity contribution in [3.05, 3.63) is 77.2 Å². The molecule has 10 nitrogen and oxygen atoms in total. The van der Waals surface area contributed by atoms with Crippen LogP contribution in [-0.4, -0.2) is 69.7 Å². The lowest BCUT2D eigenvalue weighted by Gasteiger charge is -2.12. The third-order valence-electron chi connectivity index (χ3n) is 7.81. The molecule has 2 aliphatic rings. The maximum absolute atomic E-state index is 13.7. The number of rotatable bonds is 8. The zero-order valence-electron chi connectivity index (χ0n) is 27.9. The van der Waals surface area contributed by atoms with E-state index in [1.54, 1.807) is 12.3 Å². The Hall–Kier alpha value is -4.97. The Morgan fingerprint density at radius 3 is 1.55 bits per heavy atom. The number of alkyl halides is 4. The second-order valence-corrected chi connectivity index (χ2v) is 13.1. The molecule has 4 heterocycles. The minimum atomic E-state index is -3.01. The number of ether oxygens (including phenoxy) is 1. The lowest BCUT2D eigenvalue weighted by atomic mass is 10.2. The topological polar surface area (TPSA) is 117 Å². The Morgan fingerprint density at radius 2 is 1.13 bits per heavy atom. The molecule has 2 fully saturated rings. The summed E-state index contributed by atoms with van der Waals surface area (Å²) in [6.07, 6.45) is 6.71. The molecule has 2 saturated carbocycles. The molecule has 0 aliphatic heterocycles. The summed E-state index contributed by atoms with van der Waals surface area (Å²) in [6, 6.07) is 7.91. The fraction of sp³-hybridized carbons (Fsp3) is 0.353. The molecule has 0 spiro atoms. The normalized spacial score (nSPS) is 14.5. The van der Waals surface area contributed by atoms with Crippen molar-refractivity contribution in [2.24, 2.45) is 0 Å². The van der Waals surface area contributed by atoms with Gasteiger partial charge >= 0.3 is 0 Å². The number of fused-ring (bicyclic) bond motifs is 2. The number of nitrogens with zero attached hydrogens (tertiary/aromatic N) is 8. The van der Waals surface area contributed by atoms with E-state index in [0.29, 0.717) is 51.8 Å². The van der Waals surface area contributed by atoms with Gasteiger partial charge in [-0.3, -0.25) is 0 Å². The molecule has 19 heteroatoms. The highest BCUT2D eigenvalue weighted by atomic mass is 35.5. The fourth-order valence-corrected chi connectivity index (χ4v) is 5.36. The summed E-state index contributed by atoms with van der Waals surface area (Å²) in [4.78, 5) is 8.80. The summed E-state index contributed by atoms with van der Waals surface area (Å²) in [5, 5.41) is 22.8. The average Bonchev–Trinajstić information content (AvgIpc) is 4.04. The second-order valence-electron chi connectivity index (χ2n) is 12.7. The Kier molecular flexibility index (Phi) is 10.6. The predicted molar refractivity (Wildman–Crippen MR) is 177 cm³/mol. The predicted octanol–water partition coefficient (Wildman–Crippen LogP) is 8.53. The van der Waals surface area contributed by atoms with Gasteiger partial charge in [-0.15, -0.1) is 10.2 Å². The summed E-state index contributed by atoms with van der Waals surface area (Å²) < 4.78 is 111. The van der Waals surface area contributed by atoms with Gasteiger partial charge < -0.3 is 19.0 Å². The first-order valence-electron chi connectivity index (χ1n) is 16.1. The lowest BCUT2D eigenvalue weighted by molar-refractivity contribution is -0.0322. The molecule has 53 heavy (non-hydrogen) atoms. The maximum Gasteiger partial charge on any atom is 0.278 e. The van der Waals surface area contributed by atoms with Crippen molar-refractivity contribution in [1.82, 2.24) is 39.5 Å². The van der Waals surface area contributed by atoms with Crippen LogP contribution >= 0.6 is 11.6 Å². The standard InChI is InChI=1S/C17H14F4N4O.C14H9ClF2N4.C3H6F2O/c1-17(20,21)8-26-15-4-9(7-22-24-15)16-23-13-5-11(18)12(19)6-14(13)25(16)10-2-3-10;15-13-3-7(6-18-20-13)14-19-11-4-9(16)10(17)5-12(11)21(14)8-1-2-8;1-3(4,5)2-6/h4-7,10H,2-3,8H2,1H3;3-6,8H,1-2H2;6H,2H2,1H3.